The van der Waals surface area contributed by atoms with Crippen molar-refractivity contribution in [1.29, 1.82) is 0 Å². The first-order valence-corrected chi connectivity index (χ1v) is 7.04. The number of aryl methyl sites for hydroxylation is 3. The van der Waals surface area contributed by atoms with Crippen LogP contribution in [0.4, 0.5) is 0 Å². The van der Waals surface area contributed by atoms with E-state index in [0.717, 1.165) is 27.5 Å². The number of carbonyl (C=O) groups excluding carboxylic acids is 1. The normalized spacial score (nSPS) is 10.8. The van der Waals surface area contributed by atoms with Crippen LogP contribution in [0.5, 0.6) is 0 Å². The molecule has 0 amide bonds. The lowest BCUT2D eigenvalue weighted by atomic mass is 9.95. The van der Waals surface area contributed by atoms with Gasteiger partial charge in [-0.15, -0.1) is 0 Å². The second kappa shape index (κ2) is 5.13. The number of benzene rings is 2. The van der Waals surface area contributed by atoms with Crippen molar-refractivity contribution in [3.63, 3.8) is 0 Å². The molecule has 0 atom stereocenters. The fraction of sp³-hybridized carbons (Fsp3) is 0.158. The summed E-state index contributed by atoms with van der Waals surface area (Å²) in [6.07, 6.45) is 1.70. The second-order valence-electron chi connectivity index (χ2n) is 5.46. The summed E-state index contributed by atoms with van der Waals surface area (Å²) in [5.74, 6) is -0.00704. The van der Waals surface area contributed by atoms with E-state index in [9.17, 15) is 4.79 Å². The molecule has 0 saturated carbocycles. The molecule has 0 aliphatic heterocycles. The van der Waals surface area contributed by atoms with E-state index < -0.39 is 0 Å². The summed E-state index contributed by atoms with van der Waals surface area (Å²) in [5.41, 5.74) is 4.60. The van der Waals surface area contributed by atoms with Crippen LogP contribution in [0.1, 0.15) is 32.7 Å². The molecule has 0 aliphatic rings. The summed E-state index contributed by atoms with van der Waals surface area (Å²) in [6, 6.07) is 13.8. The highest BCUT2D eigenvalue weighted by Crippen LogP contribution is 2.22. The molecule has 2 nitrogen and oxygen atoms in total. The first-order chi connectivity index (χ1) is 10.1. The predicted octanol–water partition coefficient (Wildman–Crippen LogP) is 4.39. The molecule has 2 aromatic carbocycles. The van der Waals surface area contributed by atoms with Gasteiger partial charge >= 0.3 is 0 Å². The zero-order valence-electron chi connectivity index (χ0n) is 12.5. The number of fused-ring (bicyclic) bond motifs is 1. The highest BCUT2D eigenvalue weighted by molar-refractivity contribution is 6.15. The van der Waals surface area contributed by atoms with Gasteiger partial charge in [0.1, 0.15) is 5.69 Å². The Kier molecular flexibility index (Phi) is 3.30. The summed E-state index contributed by atoms with van der Waals surface area (Å²) < 4.78 is 0. The Balaban J connectivity index is 2.20. The van der Waals surface area contributed by atoms with Crippen LogP contribution in [-0.4, -0.2) is 10.8 Å². The predicted molar refractivity (Wildman–Crippen MR) is 85.8 cm³/mol. The first kappa shape index (κ1) is 13.5. The van der Waals surface area contributed by atoms with Crippen molar-refractivity contribution in [2.75, 3.05) is 0 Å². The van der Waals surface area contributed by atoms with Crippen LogP contribution in [-0.2, 0) is 0 Å². The number of aromatic nitrogens is 1. The van der Waals surface area contributed by atoms with Crippen LogP contribution < -0.4 is 0 Å². The number of hydrogen-bond donors (Lipinski definition) is 0. The third-order valence-electron chi connectivity index (χ3n) is 3.97. The second-order valence-corrected chi connectivity index (χ2v) is 5.46. The Hall–Kier alpha value is -2.48. The third kappa shape index (κ3) is 2.33. The van der Waals surface area contributed by atoms with Gasteiger partial charge in [-0.1, -0.05) is 30.3 Å². The van der Waals surface area contributed by atoms with Crippen LogP contribution in [0.2, 0.25) is 0 Å². The summed E-state index contributed by atoms with van der Waals surface area (Å²) in [7, 11) is 0. The molecule has 0 radical (unpaired) electrons. The van der Waals surface area contributed by atoms with Gasteiger partial charge in [-0.25, -0.2) is 0 Å². The molecule has 3 aromatic rings. The van der Waals surface area contributed by atoms with Crippen LogP contribution in [0, 0.1) is 20.8 Å². The Morgan fingerprint density at radius 1 is 0.905 bits per heavy atom. The maximum atomic E-state index is 12.9. The Labute approximate surface area is 124 Å². The van der Waals surface area contributed by atoms with Crippen molar-refractivity contribution in [1.82, 2.24) is 4.98 Å². The molecule has 0 aliphatic carbocycles. The van der Waals surface area contributed by atoms with Crippen LogP contribution in [0.15, 0.2) is 48.7 Å². The molecule has 104 valence electrons. The average molecular weight is 275 g/mol. The van der Waals surface area contributed by atoms with E-state index in [0.29, 0.717) is 5.69 Å². The maximum absolute atomic E-state index is 12.9. The van der Waals surface area contributed by atoms with Gasteiger partial charge in [0.05, 0.1) is 0 Å². The highest BCUT2D eigenvalue weighted by atomic mass is 16.1. The molecule has 0 bridgehead atoms. The summed E-state index contributed by atoms with van der Waals surface area (Å²) in [5, 5.41) is 1.94. The topological polar surface area (TPSA) is 30.0 Å². The fourth-order valence-electron chi connectivity index (χ4n) is 2.63. The van der Waals surface area contributed by atoms with Crippen molar-refractivity contribution >= 4 is 16.6 Å². The summed E-state index contributed by atoms with van der Waals surface area (Å²) >= 11 is 0. The van der Waals surface area contributed by atoms with E-state index in [1.165, 1.54) is 5.56 Å². The van der Waals surface area contributed by atoms with Crippen molar-refractivity contribution in [2.24, 2.45) is 0 Å². The molecular formula is C19H17NO. The quantitative estimate of drug-likeness (QED) is 0.649. The van der Waals surface area contributed by atoms with Gasteiger partial charge in [-0.2, -0.15) is 0 Å². The third-order valence-corrected chi connectivity index (χ3v) is 3.97. The highest BCUT2D eigenvalue weighted by Gasteiger charge is 2.16. The zero-order valence-corrected chi connectivity index (χ0v) is 12.5. The summed E-state index contributed by atoms with van der Waals surface area (Å²) in [6.45, 7) is 6.07. The SMILES string of the molecule is Cc1cc(C)c(C(=O)c2nccc3ccccc23)cc1C. The van der Waals surface area contributed by atoms with E-state index in [1.54, 1.807) is 6.20 Å². The number of rotatable bonds is 2. The number of pyridine rings is 1. The molecular weight excluding hydrogens is 258 g/mol. The molecule has 0 spiro atoms. The van der Waals surface area contributed by atoms with E-state index in [-0.39, 0.29) is 5.78 Å². The Morgan fingerprint density at radius 3 is 2.43 bits per heavy atom. The largest absolute Gasteiger partial charge is 0.287 e. The van der Waals surface area contributed by atoms with Gasteiger partial charge in [0.25, 0.3) is 0 Å². The number of ketones is 1. The average Bonchev–Trinajstić information content (AvgIpc) is 2.49. The molecule has 0 saturated heterocycles. The van der Waals surface area contributed by atoms with E-state index in [1.807, 2.05) is 50.2 Å². The van der Waals surface area contributed by atoms with Crippen molar-refractivity contribution in [3.05, 3.63) is 76.6 Å². The van der Waals surface area contributed by atoms with E-state index in [4.69, 9.17) is 0 Å². The molecule has 0 unspecified atom stereocenters. The molecule has 1 heterocycles. The molecule has 21 heavy (non-hydrogen) atoms. The first-order valence-electron chi connectivity index (χ1n) is 7.04. The van der Waals surface area contributed by atoms with Gasteiger partial charge in [-0.05, 0) is 55.0 Å². The van der Waals surface area contributed by atoms with Gasteiger partial charge < -0.3 is 0 Å². The van der Waals surface area contributed by atoms with E-state index >= 15 is 0 Å². The van der Waals surface area contributed by atoms with E-state index in [2.05, 4.69) is 18.0 Å². The van der Waals surface area contributed by atoms with Crippen molar-refractivity contribution < 1.29 is 4.79 Å². The Bertz CT molecular complexity index is 844. The Morgan fingerprint density at radius 2 is 1.62 bits per heavy atom. The van der Waals surface area contributed by atoms with Crippen LogP contribution in [0.3, 0.4) is 0 Å². The van der Waals surface area contributed by atoms with Crippen LogP contribution in [0.25, 0.3) is 10.8 Å². The van der Waals surface area contributed by atoms with Gasteiger partial charge in [-0.3, -0.25) is 9.78 Å². The smallest absolute Gasteiger partial charge is 0.212 e. The molecule has 1 aromatic heterocycles. The molecule has 3 rings (SSSR count). The van der Waals surface area contributed by atoms with Crippen molar-refractivity contribution in [2.45, 2.75) is 20.8 Å². The number of nitrogens with zero attached hydrogens (tertiary/aromatic N) is 1. The molecule has 2 heteroatoms. The number of hydrogen-bond acceptors (Lipinski definition) is 2. The zero-order chi connectivity index (χ0) is 15.0. The minimum atomic E-state index is -0.00704. The van der Waals surface area contributed by atoms with Gasteiger partial charge in [0.2, 0.25) is 5.78 Å². The van der Waals surface area contributed by atoms with Gasteiger partial charge in [0, 0.05) is 17.1 Å². The minimum Gasteiger partial charge on any atom is -0.287 e. The lowest BCUT2D eigenvalue weighted by Gasteiger charge is -2.10. The van der Waals surface area contributed by atoms with Crippen molar-refractivity contribution in [3.8, 4) is 0 Å². The lowest BCUT2D eigenvalue weighted by molar-refractivity contribution is 0.103. The molecule has 0 N–H and O–H groups in total. The molecule has 0 fully saturated rings. The number of carbonyl (C=O) groups is 1. The monoisotopic (exact) mass is 275 g/mol. The van der Waals surface area contributed by atoms with Gasteiger partial charge in [0.15, 0.2) is 0 Å². The standard InChI is InChI=1S/C19H17NO/c1-12-10-14(3)17(11-13(12)2)19(21)18-16-7-5-4-6-15(16)8-9-20-18/h4-11H,1-3H3. The summed E-state index contributed by atoms with van der Waals surface area (Å²) in [4.78, 5) is 17.2. The minimum absolute atomic E-state index is 0.00704. The van der Waals surface area contributed by atoms with Crippen LogP contribution >= 0.6 is 0 Å². The fourth-order valence-corrected chi connectivity index (χ4v) is 2.63. The maximum Gasteiger partial charge on any atom is 0.212 e. The lowest BCUT2D eigenvalue weighted by Crippen LogP contribution is -2.07.